The van der Waals surface area contributed by atoms with Gasteiger partial charge in [0.05, 0.1) is 30.2 Å². The molecule has 2 fully saturated rings. The number of carbonyl (C=O) groups is 1. The fourth-order valence-corrected chi connectivity index (χ4v) is 4.18. The SMILES string of the molecule is N#CC1CC(F)(F)CN1C(=O)CN1CC[C@H](Oc2ccnc3c(C(F)(F)F)cccc23)C1. The van der Waals surface area contributed by atoms with Gasteiger partial charge in [-0.1, -0.05) is 6.07 Å². The second-order valence-corrected chi connectivity index (χ2v) is 8.00. The van der Waals surface area contributed by atoms with E-state index in [0.29, 0.717) is 19.5 Å². The Hall–Kier alpha value is -3.00. The third kappa shape index (κ3) is 4.46. The van der Waals surface area contributed by atoms with E-state index in [0.717, 1.165) is 11.0 Å². The van der Waals surface area contributed by atoms with Gasteiger partial charge in [-0.25, -0.2) is 8.78 Å². The molecule has 0 aliphatic carbocycles. The number of hydrogen-bond donors (Lipinski definition) is 0. The van der Waals surface area contributed by atoms with Gasteiger partial charge in [0.2, 0.25) is 5.91 Å². The number of halogens is 5. The van der Waals surface area contributed by atoms with Crippen molar-refractivity contribution in [1.29, 1.82) is 5.26 Å². The van der Waals surface area contributed by atoms with Crippen molar-refractivity contribution in [1.82, 2.24) is 14.8 Å². The predicted molar refractivity (Wildman–Crippen MR) is 103 cm³/mol. The summed E-state index contributed by atoms with van der Waals surface area (Å²) in [5.41, 5.74) is -1.06. The molecule has 11 heteroatoms. The van der Waals surface area contributed by atoms with Gasteiger partial charge in [0.1, 0.15) is 17.9 Å². The Morgan fingerprint density at radius 2 is 2.09 bits per heavy atom. The fourth-order valence-electron chi connectivity index (χ4n) is 4.18. The Morgan fingerprint density at radius 3 is 2.81 bits per heavy atom. The molecule has 0 N–H and O–H groups in total. The van der Waals surface area contributed by atoms with Gasteiger partial charge in [-0.15, -0.1) is 0 Å². The number of nitriles is 1. The highest BCUT2D eigenvalue weighted by Gasteiger charge is 2.47. The van der Waals surface area contributed by atoms with Crippen LogP contribution in [0.3, 0.4) is 0 Å². The van der Waals surface area contributed by atoms with Gasteiger partial charge in [0.15, 0.2) is 0 Å². The van der Waals surface area contributed by atoms with Crippen LogP contribution in [-0.4, -0.2) is 64.9 Å². The average Bonchev–Trinajstić information content (AvgIpc) is 3.29. The fraction of sp³-hybridized carbons (Fsp3) is 0.476. The number of nitrogens with zero attached hydrogens (tertiary/aromatic N) is 4. The van der Waals surface area contributed by atoms with Crippen LogP contribution in [0.15, 0.2) is 30.5 Å². The molecule has 2 aliphatic heterocycles. The number of benzene rings is 1. The maximum atomic E-state index is 13.6. The van der Waals surface area contributed by atoms with Crippen molar-refractivity contribution in [3.8, 4) is 11.8 Å². The van der Waals surface area contributed by atoms with Crippen LogP contribution in [0, 0.1) is 11.3 Å². The maximum absolute atomic E-state index is 13.6. The molecule has 0 radical (unpaired) electrons. The van der Waals surface area contributed by atoms with Crippen molar-refractivity contribution in [2.75, 3.05) is 26.2 Å². The highest BCUT2D eigenvalue weighted by molar-refractivity contribution is 5.87. The quantitative estimate of drug-likeness (QED) is 0.662. The normalized spacial score (nSPS) is 23.4. The Labute approximate surface area is 180 Å². The zero-order valence-corrected chi connectivity index (χ0v) is 16.8. The van der Waals surface area contributed by atoms with Gasteiger partial charge in [-0.2, -0.15) is 18.4 Å². The van der Waals surface area contributed by atoms with Gasteiger partial charge in [-0.3, -0.25) is 14.7 Å². The molecule has 2 aromatic rings. The topological polar surface area (TPSA) is 69.5 Å². The van der Waals surface area contributed by atoms with E-state index < -0.39 is 48.7 Å². The van der Waals surface area contributed by atoms with Gasteiger partial charge < -0.3 is 9.64 Å². The number of fused-ring (bicyclic) bond motifs is 1. The molecule has 4 rings (SSSR count). The zero-order valence-electron chi connectivity index (χ0n) is 16.8. The Bertz CT molecular complexity index is 1070. The molecule has 170 valence electrons. The third-order valence-corrected chi connectivity index (χ3v) is 5.66. The van der Waals surface area contributed by atoms with Gasteiger partial charge in [-0.05, 0) is 24.6 Å². The molecule has 2 atom stereocenters. The summed E-state index contributed by atoms with van der Waals surface area (Å²) in [6, 6.07) is 5.82. The summed E-state index contributed by atoms with van der Waals surface area (Å²) in [7, 11) is 0. The predicted octanol–water partition coefficient (Wildman–Crippen LogP) is 3.47. The van der Waals surface area contributed by atoms with E-state index in [9.17, 15) is 26.7 Å². The molecule has 1 aromatic heterocycles. The summed E-state index contributed by atoms with van der Waals surface area (Å²) < 4.78 is 72.9. The van der Waals surface area contributed by atoms with Crippen molar-refractivity contribution >= 4 is 16.8 Å². The lowest BCUT2D eigenvalue weighted by atomic mass is 10.1. The zero-order chi connectivity index (χ0) is 23.1. The van der Waals surface area contributed by atoms with Crippen molar-refractivity contribution in [3.05, 3.63) is 36.0 Å². The van der Waals surface area contributed by atoms with Gasteiger partial charge >= 0.3 is 6.18 Å². The molecule has 3 heterocycles. The number of pyridine rings is 1. The number of aromatic nitrogens is 1. The lowest BCUT2D eigenvalue weighted by molar-refractivity contribution is -0.136. The second-order valence-electron chi connectivity index (χ2n) is 8.00. The Balaban J connectivity index is 1.42. The molecule has 1 aromatic carbocycles. The first kappa shape index (κ1) is 22.2. The minimum atomic E-state index is -4.55. The van der Waals surface area contributed by atoms with Crippen molar-refractivity contribution < 1.29 is 31.5 Å². The molecule has 0 saturated carbocycles. The number of alkyl halides is 5. The number of amides is 1. The number of likely N-dealkylation sites (tertiary alicyclic amines) is 2. The summed E-state index contributed by atoms with van der Waals surface area (Å²) in [5.74, 6) is -3.38. The van der Waals surface area contributed by atoms with Crippen LogP contribution < -0.4 is 4.74 Å². The second kappa shape index (κ2) is 8.16. The minimum Gasteiger partial charge on any atom is -0.488 e. The molecule has 6 nitrogen and oxygen atoms in total. The number of carbonyl (C=O) groups excluding carboxylic acids is 1. The highest BCUT2D eigenvalue weighted by Crippen LogP contribution is 2.37. The van der Waals surface area contributed by atoms with Crippen LogP contribution in [0.5, 0.6) is 5.75 Å². The van der Waals surface area contributed by atoms with Crippen LogP contribution in [0.4, 0.5) is 22.0 Å². The monoisotopic (exact) mass is 454 g/mol. The minimum absolute atomic E-state index is 0.135. The smallest absolute Gasteiger partial charge is 0.418 e. The molecular formula is C21H19F5N4O2. The number of ether oxygens (including phenoxy) is 1. The molecule has 0 bridgehead atoms. The summed E-state index contributed by atoms with van der Waals surface area (Å²) >= 11 is 0. The van der Waals surface area contributed by atoms with Gasteiger partial charge in [0.25, 0.3) is 5.92 Å². The van der Waals surface area contributed by atoms with Crippen LogP contribution in [0.2, 0.25) is 0 Å². The largest absolute Gasteiger partial charge is 0.488 e. The molecular weight excluding hydrogens is 435 g/mol. The first-order valence-corrected chi connectivity index (χ1v) is 9.98. The van der Waals surface area contributed by atoms with Crippen molar-refractivity contribution in [2.45, 2.75) is 37.1 Å². The number of hydrogen-bond acceptors (Lipinski definition) is 5. The van der Waals surface area contributed by atoms with Crippen molar-refractivity contribution in [3.63, 3.8) is 0 Å². The van der Waals surface area contributed by atoms with Gasteiger partial charge in [0, 0.05) is 31.1 Å². The molecule has 0 spiro atoms. The number of para-hydroxylation sites is 1. The lowest BCUT2D eigenvalue weighted by Gasteiger charge is -2.23. The lowest BCUT2D eigenvalue weighted by Crippen LogP contribution is -2.42. The molecule has 32 heavy (non-hydrogen) atoms. The van der Waals surface area contributed by atoms with E-state index in [1.807, 2.05) is 0 Å². The maximum Gasteiger partial charge on any atom is 0.418 e. The number of rotatable bonds is 4. The van der Waals surface area contributed by atoms with Crippen LogP contribution in [0.1, 0.15) is 18.4 Å². The van der Waals surface area contributed by atoms with Crippen LogP contribution >= 0.6 is 0 Å². The van der Waals surface area contributed by atoms with E-state index >= 15 is 0 Å². The summed E-state index contributed by atoms with van der Waals surface area (Å²) in [4.78, 5) is 19.0. The van der Waals surface area contributed by atoms with Crippen molar-refractivity contribution in [2.24, 2.45) is 0 Å². The molecule has 2 saturated heterocycles. The average molecular weight is 454 g/mol. The van der Waals surface area contributed by atoms with Crippen LogP contribution in [0.25, 0.3) is 10.9 Å². The summed E-state index contributed by atoms with van der Waals surface area (Å²) in [6.07, 6.45) is -3.86. The third-order valence-electron chi connectivity index (χ3n) is 5.66. The standard InChI is InChI=1S/C21H19F5N4O2/c22-20(23)8-13(9-27)30(12-20)18(31)11-29-7-5-14(10-29)32-17-4-6-28-19-15(17)2-1-3-16(19)21(24,25)26/h1-4,6,13-14H,5,7-8,10-12H2/t13?,14-/m0/s1. The Kier molecular flexibility index (Phi) is 5.67. The van der Waals surface area contributed by atoms with E-state index in [2.05, 4.69) is 4.98 Å². The van der Waals surface area contributed by atoms with E-state index in [4.69, 9.17) is 10.00 Å². The summed E-state index contributed by atoms with van der Waals surface area (Å²) in [6.45, 7) is -0.156. The molecule has 1 unspecified atom stereocenters. The first-order chi connectivity index (χ1) is 15.1. The van der Waals surface area contributed by atoms with E-state index in [-0.39, 0.29) is 23.2 Å². The first-order valence-electron chi connectivity index (χ1n) is 9.98. The van der Waals surface area contributed by atoms with E-state index in [1.54, 1.807) is 11.0 Å². The molecule has 2 aliphatic rings. The molecule has 1 amide bonds. The summed E-state index contributed by atoms with van der Waals surface area (Å²) in [5, 5.41) is 9.28. The van der Waals surface area contributed by atoms with Crippen LogP contribution in [-0.2, 0) is 11.0 Å². The Morgan fingerprint density at radius 1 is 1.31 bits per heavy atom. The van der Waals surface area contributed by atoms with E-state index in [1.165, 1.54) is 24.4 Å². The highest BCUT2D eigenvalue weighted by atomic mass is 19.4.